The molecule has 1 heterocycles. The van der Waals surface area contributed by atoms with Crippen LogP contribution in [-0.4, -0.2) is 40.2 Å². The van der Waals surface area contributed by atoms with Gasteiger partial charge in [0.25, 0.3) is 11.6 Å². The third kappa shape index (κ3) is 3.75. The van der Waals surface area contributed by atoms with Crippen molar-refractivity contribution in [3.8, 4) is 5.75 Å². The van der Waals surface area contributed by atoms with Gasteiger partial charge in [0.2, 0.25) is 0 Å². The summed E-state index contributed by atoms with van der Waals surface area (Å²) >= 11 is 11.7. The van der Waals surface area contributed by atoms with E-state index >= 15 is 0 Å². The number of alkyl halides is 3. The van der Waals surface area contributed by atoms with Crippen LogP contribution in [0.25, 0.3) is 0 Å². The molecule has 2 aliphatic rings. The van der Waals surface area contributed by atoms with Crippen molar-refractivity contribution < 1.29 is 27.8 Å². The topological polar surface area (TPSA) is 62.1 Å². The van der Waals surface area contributed by atoms with Crippen molar-refractivity contribution in [2.45, 2.75) is 44.0 Å². The lowest BCUT2D eigenvalue weighted by Crippen LogP contribution is -2.61. The molecule has 1 fully saturated rings. The molecule has 0 aromatic heterocycles. The van der Waals surface area contributed by atoms with Crippen molar-refractivity contribution in [2.24, 2.45) is 11.0 Å². The van der Waals surface area contributed by atoms with Crippen LogP contribution in [0, 0.1) is 5.92 Å². The Morgan fingerprint density at radius 1 is 1.33 bits per heavy atom. The number of aliphatic hydroxyl groups is 1. The summed E-state index contributed by atoms with van der Waals surface area (Å²) in [4.78, 5) is 12.5. The molecule has 0 saturated heterocycles. The van der Waals surface area contributed by atoms with Crippen LogP contribution in [-0.2, 0) is 4.79 Å². The summed E-state index contributed by atoms with van der Waals surface area (Å²) in [6.07, 6.45) is -2.67. The first-order chi connectivity index (χ1) is 12.6. The van der Waals surface area contributed by atoms with Crippen LogP contribution in [0.2, 0.25) is 10.0 Å². The number of halogens is 5. The average molecular weight is 425 g/mol. The summed E-state index contributed by atoms with van der Waals surface area (Å²) in [5, 5.41) is 14.9. The van der Waals surface area contributed by atoms with Crippen molar-refractivity contribution in [3.63, 3.8) is 0 Å². The monoisotopic (exact) mass is 424 g/mol. The van der Waals surface area contributed by atoms with Crippen LogP contribution in [0.15, 0.2) is 23.3 Å². The van der Waals surface area contributed by atoms with E-state index in [0.29, 0.717) is 24.3 Å². The molecule has 0 spiro atoms. The fraction of sp³-hybridized carbons (Fsp3) is 0.529. The number of rotatable bonds is 3. The van der Waals surface area contributed by atoms with E-state index in [1.54, 1.807) is 0 Å². The van der Waals surface area contributed by atoms with Crippen LogP contribution in [0.1, 0.15) is 32.1 Å². The van der Waals surface area contributed by atoms with Crippen molar-refractivity contribution >= 4 is 34.8 Å². The zero-order valence-corrected chi connectivity index (χ0v) is 15.6. The zero-order valence-electron chi connectivity index (χ0n) is 14.1. The van der Waals surface area contributed by atoms with E-state index in [1.165, 1.54) is 18.2 Å². The lowest BCUT2D eigenvalue weighted by Gasteiger charge is -2.37. The third-order valence-corrected chi connectivity index (χ3v) is 5.29. The molecule has 2 atom stereocenters. The fourth-order valence-electron chi connectivity index (χ4n) is 3.43. The predicted octanol–water partition coefficient (Wildman–Crippen LogP) is 4.40. The van der Waals surface area contributed by atoms with Gasteiger partial charge in [-0.15, -0.1) is 0 Å². The van der Waals surface area contributed by atoms with Gasteiger partial charge in [0.05, 0.1) is 10.9 Å². The molecule has 1 N–H and O–H groups in total. The molecule has 3 rings (SSSR count). The van der Waals surface area contributed by atoms with E-state index < -0.39 is 30.3 Å². The highest BCUT2D eigenvalue weighted by molar-refractivity contribution is 6.35. The summed E-state index contributed by atoms with van der Waals surface area (Å²) in [5.74, 6) is -2.28. The minimum Gasteiger partial charge on any atom is -0.482 e. The van der Waals surface area contributed by atoms with Gasteiger partial charge in [-0.1, -0.05) is 36.0 Å². The predicted molar refractivity (Wildman–Crippen MR) is 93.8 cm³/mol. The molecule has 1 aliphatic carbocycles. The van der Waals surface area contributed by atoms with E-state index in [4.69, 9.17) is 27.9 Å². The van der Waals surface area contributed by atoms with Crippen molar-refractivity contribution in [1.29, 1.82) is 0 Å². The van der Waals surface area contributed by atoms with E-state index in [2.05, 4.69) is 5.10 Å². The minimum atomic E-state index is -5.05. The smallest absolute Gasteiger partial charge is 0.439 e. The number of hydrazone groups is 1. The number of hydrogen-bond donors (Lipinski definition) is 1. The Bertz CT molecular complexity index is 772. The Balaban J connectivity index is 1.83. The second kappa shape index (κ2) is 7.48. The molecule has 1 amide bonds. The van der Waals surface area contributed by atoms with Crippen LogP contribution >= 0.6 is 23.2 Å². The molecule has 27 heavy (non-hydrogen) atoms. The number of amides is 1. The molecule has 0 unspecified atom stereocenters. The highest BCUT2D eigenvalue weighted by atomic mass is 35.5. The Hall–Kier alpha value is -1.51. The number of carbonyl (C=O) groups excluding carboxylic acids is 1. The molecular weight excluding hydrogens is 408 g/mol. The lowest BCUT2D eigenvalue weighted by atomic mass is 9.87. The average Bonchev–Trinajstić information content (AvgIpc) is 2.73. The Morgan fingerprint density at radius 2 is 2.07 bits per heavy atom. The number of benzene rings is 1. The van der Waals surface area contributed by atoms with Crippen LogP contribution < -0.4 is 4.74 Å². The summed E-state index contributed by atoms with van der Waals surface area (Å²) in [5.41, 5.74) is -3.16. The lowest BCUT2D eigenvalue weighted by molar-refractivity contribution is -0.317. The maximum absolute atomic E-state index is 13.7. The van der Waals surface area contributed by atoms with Crippen molar-refractivity contribution in [1.82, 2.24) is 5.01 Å². The molecule has 1 saturated carbocycles. The van der Waals surface area contributed by atoms with Crippen molar-refractivity contribution in [2.75, 3.05) is 6.61 Å². The summed E-state index contributed by atoms with van der Waals surface area (Å²) in [7, 11) is 0. The zero-order chi connectivity index (χ0) is 19.8. The maximum atomic E-state index is 13.7. The van der Waals surface area contributed by atoms with Crippen LogP contribution in [0.4, 0.5) is 13.2 Å². The quantitative estimate of drug-likeness (QED) is 0.781. The number of hydrogen-bond acceptors (Lipinski definition) is 4. The summed E-state index contributed by atoms with van der Waals surface area (Å²) in [6.45, 7) is -0.761. The van der Waals surface area contributed by atoms with E-state index in [-0.39, 0.29) is 27.9 Å². The molecule has 10 heteroatoms. The highest BCUT2D eigenvalue weighted by Gasteiger charge is 2.68. The summed E-state index contributed by atoms with van der Waals surface area (Å²) in [6, 6.07) is 4.24. The van der Waals surface area contributed by atoms with Gasteiger partial charge in [0.1, 0.15) is 5.75 Å². The van der Waals surface area contributed by atoms with Crippen LogP contribution in [0.3, 0.4) is 0 Å². The standard InChI is InChI=1S/C17H17Cl2F3N2O3/c18-10-6-7-14(12(19)8-10)27-9-15(25)24-16(26,17(20,21)22)11-4-2-1-3-5-13(11)23-24/h6-8,11,26H,1-5,9H2/t11-,16+/m0/s1. The fourth-order valence-corrected chi connectivity index (χ4v) is 3.90. The number of ether oxygens (including phenoxy) is 1. The Kier molecular flexibility index (Phi) is 5.61. The third-order valence-electron chi connectivity index (χ3n) is 4.76. The molecule has 1 aliphatic heterocycles. The van der Waals surface area contributed by atoms with E-state index in [9.17, 15) is 23.1 Å². The number of nitrogens with zero attached hydrogens (tertiary/aromatic N) is 2. The first-order valence-corrected chi connectivity index (χ1v) is 9.17. The van der Waals surface area contributed by atoms with Gasteiger partial charge in [-0.2, -0.15) is 23.3 Å². The van der Waals surface area contributed by atoms with Gasteiger partial charge in [0, 0.05) is 10.7 Å². The highest BCUT2D eigenvalue weighted by Crippen LogP contribution is 2.47. The summed E-state index contributed by atoms with van der Waals surface area (Å²) < 4.78 is 46.4. The molecule has 5 nitrogen and oxygen atoms in total. The molecular formula is C17H17Cl2F3N2O3. The van der Waals surface area contributed by atoms with Crippen molar-refractivity contribution in [3.05, 3.63) is 28.2 Å². The molecule has 0 bridgehead atoms. The van der Waals surface area contributed by atoms with Gasteiger partial charge >= 0.3 is 6.18 Å². The molecule has 1 aromatic carbocycles. The van der Waals surface area contributed by atoms with Gasteiger partial charge in [-0.25, -0.2) is 0 Å². The van der Waals surface area contributed by atoms with E-state index in [0.717, 1.165) is 6.42 Å². The molecule has 148 valence electrons. The molecule has 0 radical (unpaired) electrons. The Morgan fingerprint density at radius 3 is 2.74 bits per heavy atom. The maximum Gasteiger partial charge on any atom is 0.439 e. The largest absolute Gasteiger partial charge is 0.482 e. The molecule has 1 aromatic rings. The normalized spacial score (nSPS) is 25.6. The first-order valence-electron chi connectivity index (χ1n) is 8.42. The first kappa shape index (κ1) is 20.2. The van der Waals surface area contributed by atoms with Gasteiger partial charge < -0.3 is 9.84 Å². The number of fused-ring (bicyclic) bond motifs is 1. The Labute approximate surface area is 163 Å². The van der Waals surface area contributed by atoms with E-state index in [1.807, 2.05) is 0 Å². The number of carbonyl (C=O) groups is 1. The minimum absolute atomic E-state index is 0.0889. The second-order valence-electron chi connectivity index (χ2n) is 6.54. The van der Waals surface area contributed by atoms with Crippen LogP contribution in [0.5, 0.6) is 5.75 Å². The SMILES string of the molecule is O=C(COc1ccc(Cl)cc1Cl)N1N=C2CCCCC[C@@H]2[C@@]1(O)C(F)(F)F. The van der Waals surface area contributed by atoms with Gasteiger partial charge in [0.15, 0.2) is 6.61 Å². The van der Waals surface area contributed by atoms with Gasteiger partial charge in [-0.05, 0) is 37.5 Å². The van der Waals surface area contributed by atoms with Gasteiger partial charge in [-0.3, -0.25) is 4.79 Å². The second-order valence-corrected chi connectivity index (χ2v) is 7.38.